The van der Waals surface area contributed by atoms with Gasteiger partial charge in [0, 0.05) is 36.8 Å². The second-order valence-electron chi connectivity index (χ2n) is 10.6. The van der Waals surface area contributed by atoms with E-state index >= 15 is 0 Å². The largest absolute Gasteiger partial charge is 0.448 e. The SMILES string of the molecule is Cc1ccc(-c2cc(C(F)(F)F)nn2-c2ccc(S(=O)(=O)NC(=O)OCC3CN(N=NOC(C)OC(=O)C(C)C)C3)cc2)cc1. The number of aromatic nitrogens is 2. The zero-order valence-electron chi connectivity index (χ0n) is 24.7. The van der Waals surface area contributed by atoms with E-state index in [1.807, 2.05) is 6.92 Å². The number of hydrogen-bond acceptors (Lipinski definition) is 10. The monoisotopic (exact) mass is 652 g/mol. The summed E-state index contributed by atoms with van der Waals surface area (Å²) < 4.78 is 78.8. The average molecular weight is 653 g/mol. The molecular formula is C28H31F3N6O7S. The van der Waals surface area contributed by atoms with Gasteiger partial charge in [0.15, 0.2) is 5.69 Å². The highest BCUT2D eigenvalue weighted by Crippen LogP contribution is 2.33. The molecule has 1 atom stereocenters. The van der Waals surface area contributed by atoms with Gasteiger partial charge in [-0.1, -0.05) is 43.7 Å². The predicted molar refractivity (Wildman–Crippen MR) is 152 cm³/mol. The van der Waals surface area contributed by atoms with Crippen molar-refractivity contribution in [3.8, 4) is 16.9 Å². The second kappa shape index (κ2) is 13.5. The van der Waals surface area contributed by atoms with E-state index in [1.54, 1.807) is 42.8 Å². The Labute approximate surface area is 256 Å². The van der Waals surface area contributed by atoms with Crippen LogP contribution in [0.3, 0.4) is 0 Å². The lowest BCUT2D eigenvalue weighted by atomic mass is 10.0. The molecule has 1 aliphatic rings. The minimum atomic E-state index is -4.70. The van der Waals surface area contributed by atoms with E-state index in [0.29, 0.717) is 18.7 Å². The highest BCUT2D eigenvalue weighted by Gasteiger charge is 2.35. The molecule has 1 aromatic heterocycles. The van der Waals surface area contributed by atoms with Crippen molar-refractivity contribution in [3.05, 3.63) is 65.9 Å². The lowest BCUT2D eigenvalue weighted by molar-refractivity contribution is -0.181. The number of benzene rings is 2. The van der Waals surface area contributed by atoms with Crippen LogP contribution in [0, 0.1) is 18.8 Å². The number of carbonyl (C=O) groups excluding carboxylic acids is 2. The molecule has 0 bridgehead atoms. The lowest BCUT2D eigenvalue weighted by Crippen LogP contribution is -2.46. The molecule has 242 valence electrons. The highest BCUT2D eigenvalue weighted by atomic mass is 32.2. The third-order valence-corrected chi connectivity index (χ3v) is 7.78. The van der Waals surface area contributed by atoms with Crippen molar-refractivity contribution in [1.82, 2.24) is 19.5 Å². The number of sulfonamides is 1. The number of halogens is 3. The van der Waals surface area contributed by atoms with Crippen LogP contribution < -0.4 is 4.72 Å². The molecule has 0 radical (unpaired) electrons. The van der Waals surface area contributed by atoms with Gasteiger partial charge in [-0.25, -0.2) is 22.6 Å². The standard InChI is InChI=1S/C28H31F3N6O7S/c1-17(2)26(38)43-19(4)44-35-34-36-14-20(15-36)16-42-27(39)33-45(40,41)23-11-9-22(10-12-23)37-24(13-25(32-37)28(29,30)31)21-7-5-18(3)6-8-21/h5-13,17,19-20H,14-16H2,1-4H3,(H,33,39). The molecule has 2 heterocycles. The third kappa shape index (κ3) is 8.71. The van der Waals surface area contributed by atoms with E-state index in [-0.39, 0.29) is 34.7 Å². The van der Waals surface area contributed by atoms with Crippen molar-refractivity contribution < 1.29 is 45.5 Å². The fraction of sp³-hybridized carbons (Fsp3) is 0.393. The van der Waals surface area contributed by atoms with Gasteiger partial charge in [0.1, 0.15) is 0 Å². The molecule has 17 heteroatoms. The molecule has 1 amide bonds. The zero-order valence-corrected chi connectivity index (χ0v) is 25.5. The Balaban J connectivity index is 1.30. The Kier molecular flexibility index (Phi) is 10.00. The van der Waals surface area contributed by atoms with Gasteiger partial charge in [-0.3, -0.25) is 9.80 Å². The van der Waals surface area contributed by atoms with Crippen LogP contribution >= 0.6 is 0 Å². The van der Waals surface area contributed by atoms with E-state index in [4.69, 9.17) is 14.3 Å². The number of carbonyl (C=O) groups is 2. The number of aryl methyl sites for hydroxylation is 1. The Morgan fingerprint density at radius 3 is 2.31 bits per heavy atom. The molecule has 1 unspecified atom stereocenters. The molecule has 1 fully saturated rings. The summed E-state index contributed by atoms with van der Waals surface area (Å²) in [6, 6.07) is 12.6. The van der Waals surface area contributed by atoms with Crippen LogP contribution in [0.15, 0.2) is 70.0 Å². The van der Waals surface area contributed by atoms with Crippen LogP contribution in [0.1, 0.15) is 32.0 Å². The van der Waals surface area contributed by atoms with Crippen LogP contribution in [-0.4, -0.2) is 61.3 Å². The van der Waals surface area contributed by atoms with Crippen molar-refractivity contribution in [1.29, 1.82) is 0 Å². The smallest absolute Gasteiger partial charge is 0.435 e. The number of rotatable bonds is 11. The summed E-state index contributed by atoms with van der Waals surface area (Å²) in [5, 5.41) is 12.5. The molecule has 4 rings (SSSR count). The van der Waals surface area contributed by atoms with Gasteiger partial charge in [0.25, 0.3) is 16.3 Å². The van der Waals surface area contributed by atoms with Gasteiger partial charge >= 0.3 is 18.2 Å². The van der Waals surface area contributed by atoms with E-state index < -0.39 is 40.2 Å². The third-order valence-electron chi connectivity index (χ3n) is 6.46. The number of esters is 1. The number of amides is 1. The van der Waals surface area contributed by atoms with E-state index in [0.717, 1.165) is 28.4 Å². The summed E-state index contributed by atoms with van der Waals surface area (Å²) in [5.41, 5.74) is 0.622. The minimum Gasteiger partial charge on any atom is -0.448 e. The summed E-state index contributed by atoms with van der Waals surface area (Å²) in [5.74, 6) is -0.909. The molecule has 2 aromatic carbocycles. The van der Waals surface area contributed by atoms with E-state index in [2.05, 4.69) is 15.6 Å². The first-order valence-electron chi connectivity index (χ1n) is 13.7. The topological polar surface area (TPSA) is 154 Å². The van der Waals surface area contributed by atoms with Crippen LogP contribution in [-0.2, 0) is 35.3 Å². The first kappa shape index (κ1) is 33.2. The van der Waals surface area contributed by atoms with Crippen LogP contribution in [0.5, 0.6) is 0 Å². The maximum Gasteiger partial charge on any atom is 0.435 e. The van der Waals surface area contributed by atoms with E-state index in [1.165, 1.54) is 24.1 Å². The maximum absolute atomic E-state index is 13.5. The number of nitrogens with zero attached hydrogens (tertiary/aromatic N) is 5. The summed E-state index contributed by atoms with van der Waals surface area (Å²) in [7, 11) is -4.36. The molecule has 0 aliphatic carbocycles. The number of nitrogens with one attached hydrogen (secondary N) is 1. The van der Waals surface area contributed by atoms with Crippen LogP contribution in [0.4, 0.5) is 18.0 Å². The fourth-order valence-electron chi connectivity index (χ4n) is 3.99. The van der Waals surface area contributed by atoms with Crippen molar-refractivity contribution >= 4 is 22.1 Å². The molecule has 1 aliphatic heterocycles. The Morgan fingerprint density at radius 1 is 1.07 bits per heavy atom. The quantitative estimate of drug-likeness (QED) is 0.130. The normalized spacial score (nSPS) is 14.7. The van der Waals surface area contributed by atoms with E-state index in [9.17, 15) is 31.2 Å². The first-order chi connectivity index (χ1) is 21.1. The average Bonchev–Trinajstić information content (AvgIpc) is 3.40. The number of hydrogen-bond donors (Lipinski definition) is 1. The van der Waals surface area contributed by atoms with Gasteiger partial charge in [-0.05, 0) is 42.5 Å². The zero-order chi connectivity index (χ0) is 32.9. The fourth-order valence-corrected chi connectivity index (χ4v) is 4.88. The summed E-state index contributed by atoms with van der Waals surface area (Å²) in [4.78, 5) is 28.3. The molecule has 0 saturated carbocycles. The van der Waals surface area contributed by atoms with Gasteiger partial charge in [-0.2, -0.15) is 18.3 Å². The summed E-state index contributed by atoms with van der Waals surface area (Å²) in [6.45, 7) is 7.29. The minimum absolute atomic E-state index is 0.0990. The second-order valence-corrected chi connectivity index (χ2v) is 12.2. The predicted octanol–water partition coefficient (Wildman–Crippen LogP) is 5.06. The lowest BCUT2D eigenvalue weighted by Gasteiger charge is -2.34. The summed E-state index contributed by atoms with van der Waals surface area (Å²) in [6.07, 6.45) is -6.82. The maximum atomic E-state index is 13.5. The van der Waals surface area contributed by atoms with Crippen molar-refractivity contribution in [2.24, 2.45) is 22.3 Å². The molecule has 0 spiro atoms. The van der Waals surface area contributed by atoms with Crippen molar-refractivity contribution in [2.45, 2.75) is 45.1 Å². The van der Waals surface area contributed by atoms with Gasteiger partial charge < -0.3 is 14.3 Å². The number of alkyl halides is 3. The first-order valence-corrected chi connectivity index (χ1v) is 15.2. The number of ether oxygens (including phenoxy) is 2. The molecule has 45 heavy (non-hydrogen) atoms. The van der Waals surface area contributed by atoms with Crippen LogP contribution in [0.25, 0.3) is 16.9 Å². The molecule has 3 aromatic rings. The Hall–Kier alpha value is -4.67. The molecular weight excluding hydrogens is 621 g/mol. The van der Waals surface area contributed by atoms with Crippen LogP contribution in [0.2, 0.25) is 0 Å². The van der Waals surface area contributed by atoms with Crippen molar-refractivity contribution in [3.63, 3.8) is 0 Å². The molecule has 13 nitrogen and oxygen atoms in total. The molecule has 1 N–H and O–H groups in total. The molecule has 1 saturated heterocycles. The van der Waals surface area contributed by atoms with Gasteiger partial charge in [-0.15, -0.1) is 0 Å². The Morgan fingerprint density at radius 2 is 1.71 bits per heavy atom. The van der Waals surface area contributed by atoms with Crippen molar-refractivity contribution in [2.75, 3.05) is 19.7 Å². The summed E-state index contributed by atoms with van der Waals surface area (Å²) >= 11 is 0. The van der Waals surface area contributed by atoms with Gasteiger partial charge in [0.2, 0.25) is 0 Å². The highest BCUT2D eigenvalue weighted by molar-refractivity contribution is 7.90. The van der Waals surface area contributed by atoms with Gasteiger partial charge in [0.05, 0.1) is 28.8 Å². The Bertz CT molecular complexity index is 1640.